The maximum Gasteiger partial charge on any atom is 0.253 e. The summed E-state index contributed by atoms with van der Waals surface area (Å²) in [5.74, 6) is -0.512. The Morgan fingerprint density at radius 1 is 0.816 bits per heavy atom. The van der Waals surface area contributed by atoms with Gasteiger partial charge in [0.1, 0.15) is 25.3 Å². The number of aromatic amines is 1. The van der Waals surface area contributed by atoms with Crippen molar-refractivity contribution >= 4 is 46.4 Å². The normalized spacial score (nSPS) is 17.6. The number of nitrogens with zero attached hydrogens (tertiary/aromatic N) is 3. The molecule has 76 heavy (non-hydrogen) atoms. The van der Waals surface area contributed by atoms with Crippen molar-refractivity contribution in [1.82, 2.24) is 35.7 Å². The summed E-state index contributed by atoms with van der Waals surface area (Å²) in [7, 11) is 0. The molecule has 17 nitrogen and oxygen atoms in total. The lowest BCUT2D eigenvalue weighted by Gasteiger charge is -2.37. The predicted molar refractivity (Wildman–Crippen MR) is 292 cm³/mol. The number of benzene rings is 2. The minimum absolute atomic E-state index is 0.0263. The first kappa shape index (κ1) is 57.7. The Balaban J connectivity index is 0.732. The third-order valence-electron chi connectivity index (χ3n) is 15.0. The van der Waals surface area contributed by atoms with Gasteiger partial charge in [-0.3, -0.25) is 28.8 Å². The van der Waals surface area contributed by atoms with E-state index in [1.165, 1.54) is 0 Å². The number of carbonyl (C=O) groups is 5. The highest BCUT2D eigenvalue weighted by Gasteiger charge is 2.42. The summed E-state index contributed by atoms with van der Waals surface area (Å²) >= 11 is 1.59. The lowest BCUT2D eigenvalue weighted by atomic mass is 9.74. The van der Waals surface area contributed by atoms with E-state index in [0.29, 0.717) is 75.9 Å². The zero-order valence-corrected chi connectivity index (χ0v) is 46.3. The zero-order valence-electron chi connectivity index (χ0n) is 45.5. The van der Waals surface area contributed by atoms with E-state index < -0.39 is 23.4 Å². The molecule has 18 heteroatoms. The highest BCUT2D eigenvalue weighted by atomic mass is 32.1. The van der Waals surface area contributed by atoms with Gasteiger partial charge >= 0.3 is 0 Å². The van der Waals surface area contributed by atoms with Crippen LogP contribution in [0.3, 0.4) is 0 Å². The first-order valence-electron chi connectivity index (χ1n) is 26.7. The minimum Gasteiger partial charge on any atom is -0.377 e. The van der Waals surface area contributed by atoms with E-state index in [9.17, 15) is 28.8 Å². The lowest BCUT2D eigenvalue weighted by Crippen LogP contribution is -2.58. The van der Waals surface area contributed by atoms with Gasteiger partial charge in [0.25, 0.3) is 11.5 Å². The number of aromatic nitrogens is 2. The average Bonchev–Trinajstić information content (AvgIpc) is 4.16. The Labute approximate surface area is 450 Å². The Hall–Kier alpha value is -6.05. The molecule has 3 aliphatic rings. The zero-order chi connectivity index (χ0) is 54.5. The van der Waals surface area contributed by atoms with Crippen LogP contribution in [0.25, 0.3) is 16.0 Å². The van der Waals surface area contributed by atoms with Crippen molar-refractivity contribution in [2.75, 3.05) is 72.5 Å². The molecule has 0 saturated carbocycles. The van der Waals surface area contributed by atoms with Gasteiger partial charge in [0.15, 0.2) is 0 Å². The van der Waals surface area contributed by atoms with Gasteiger partial charge in [0, 0.05) is 55.5 Å². The number of hydrogen-bond donors (Lipinski definition) is 4. The third kappa shape index (κ3) is 14.7. The number of likely N-dealkylation sites (tertiary alicyclic amines) is 2. The second kappa shape index (κ2) is 26.8. The fourth-order valence-electron chi connectivity index (χ4n) is 10.8. The highest BCUT2D eigenvalue weighted by molar-refractivity contribution is 7.13. The number of piperidine rings is 1. The maximum atomic E-state index is 13.9. The van der Waals surface area contributed by atoms with E-state index in [1.807, 2.05) is 107 Å². The lowest BCUT2D eigenvalue weighted by molar-refractivity contribution is -0.144. The number of fused-ring (bicyclic) bond motifs is 1. The summed E-state index contributed by atoms with van der Waals surface area (Å²) in [5, 5.41) is 8.89. The summed E-state index contributed by atoms with van der Waals surface area (Å²) in [5.41, 5.74) is 9.99. The van der Waals surface area contributed by atoms with E-state index in [-0.39, 0.29) is 80.6 Å². The molecule has 2 saturated heterocycles. The van der Waals surface area contributed by atoms with Crippen LogP contribution < -0.4 is 21.5 Å². The number of hydrogen-bond acceptors (Lipinski definition) is 12. The smallest absolute Gasteiger partial charge is 0.253 e. The molecule has 0 bridgehead atoms. The summed E-state index contributed by atoms with van der Waals surface area (Å²) in [6.07, 6.45) is 2.94. The fraction of sp³-hybridized carbons (Fsp3) is 0.534. The first-order valence-corrected chi connectivity index (χ1v) is 27.5. The van der Waals surface area contributed by atoms with Gasteiger partial charge < -0.3 is 49.7 Å². The van der Waals surface area contributed by atoms with Crippen LogP contribution in [-0.2, 0) is 56.0 Å². The Kier molecular flexibility index (Phi) is 20.3. The maximum absolute atomic E-state index is 13.9. The predicted octanol–water partition coefficient (Wildman–Crippen LogP) is 6.39. The van der Waals surface area contributed by atoms with Crippen molar-refractivity contribution in [3.63, 3.8) is 0 Å². The van der Waals surface area contributed by atoms with Crippen LogP contribution >= 0.6 is 11.3 Å². The van der Waals surface area contributed by atoms with Gasteiger partial charge in [0.2, 0.25) is 23.6 Å². The number of thiazole rings is 1. The molecule has 4 atom stereocenters. The number of allylic oxidation sites excluding steroid dienone is 1. The number of pyridine rings is 1. The van der Waals surface area contributed by atoms with Gasteiger partial charge in [-0.2, -0.15) is 0 Å². The van der Waals surface area contributed by atoms with Crippen molar-refractivity contribution in [2.45, 2.75) is 112 Å². The van der Waals surface area contributed by atoms with Crippen LogP contribution in [0.5, 0.6) is 0 Å². The Morgan fingerprint density at radius 3 is 2.12 bits per heavy atom. The molecule has 2 unspecified atom stereocenters. The van der Waals surface area contributed by atoms with Crippen molar-refractivity contribution < 1.29 is 42.9 Å². The quantitative estimate of drug-likeness (QED) is 0.0565. The van der Waals surface area contributed by atoms with E-state index in [1.54, 1.807) is 16.2 Å². The van der Waals surface area contributed by atoms with Crippen LogP contribution in [0, 0.1) is 38.0 Å². The molecule has 4 aromatic rings. The van der Waals surface area contributed by atoms with Gasteiger partial charge in [-0.1, -0.05) is 81.8 Å². The monoisotopic (exact) mass is 1060 g/mol. The summed E-state index contributed by atoms with van der Waals surface area (Å²) < 4.78 is 22.5. The molecule has 7 rings (SSSR count). The minimum atomic E-state index is -0.860. The van der Waals surface area contributed by atoms with Crippen molar-refractivity contribution in [2.24, 2.45) is 17.3 Å². The molecular formula is C58H77N7O10S. The van der Waals surface area contributed by atoms with Crippen molar-refractivity contribution in [3.8, 4) is 10.4 Å². The molecule has 5 amide bonds. The molecule has 2 aliphatic heterocycles. The molecule has 1 aliphatic carbocycles. The molecule has 4 heterocycles. The molecule has 2 aromatic heterocycles. The summed E-state index contributed by atoms with van der Waals surface area (Å²) in [4.78, 5) is 91.6. The van der Waals surface area contributed by atoms with Crippen molar-refractivity contribution in [1.29, 1.82) is 0 Å². The number of amides is 5. The largest absolute Gasteiger partial charge is 0.377 e. The van der Waals surface area contributed by atoms with Crippen LogP contribution in [-0.4, -0.2) is 134 Å². The van der Waals surface area contributed by atoms with Crippen LogP contribution in [0.2, 0.25) is 0 Å². The number of carbonyl (C=O) groups excluding carboxylic acids is 5. The second-order valence-electron chi connectivity index (χ2n) is 21.4. The number of aryl methyl sites for hydroxylation is 3. The Bertz CT molecular complexity index is 2760. The topological polar surface area (TPSA) is 211 Å². The molecule has 0 spiro atoms. The first-order chi connectivity index (χ1) is 36.4. The van der Waals surface area contributed by atoms with Gasteiger partial charge in [0.05, 0.1) is 55.7 Å². The second-order valence-corrected chi connectivity index (χ2v) is 22.2. The molecule has 410 valence electrons. The molecule has 4 N–H and O–H groups in total. The van der Waals surface area contributed by atoms with Gasteiger partial charge in [-0.05, 0) is 105 Å². The van der Waals surface area contributed by atoms with E-state index in [2.05, 4.69) is 38.9 Å². The third-order valence-corrected chi connectivity index (χ3v) is 16.0. The van der Waals surface area contributed by atoms with E-state index in [0.717, 1.165) is 62.5 Å². The summed E-state index contributed by atoms with van der Waals surface area (Å²) in [6.45, 7) is 19.1. The number of nitrogens with one attached hydrogen (secondary N) is 4. The van der Waals surface area contributed by atoms with Gasteiger partial charge in [-0.25, -0.2) is 4.98 Å². The van der Waals surface area contributed by atoms with Gasteiger partial charge in [-0.15, -0.1) is 11.3 Å². The number of H-pyrrole nitrogens is 1. The van der Waals surface area contributed by atoms with Crippen LogP contribution in [0.1, 0.15) is 105 Å². The highest BCUT2D eigenvalue weighted by Crippen LogP contribution is 2.49. The standard InChI is InChI=1S/C58H77N7O10S/c1-36-30-37(2)62-54(68)46(36)32-60-56(70)51-39(4)50(44-12-9-10-13-45(44)51)38(3)42-19-22-64(23-20-42)49(67)34-75-29-27-73-25-24-72-26-28-74-33-48(66)63-53(58(6,7)8)57(71)65-21-11-14-47(65)55(69)59-31-41-15-17-43(18-16-41)52-40(5)61-35-76-52/h9-10,12-13,15-18,30,35,38,42,47,50,53H,11,14,19-29,31-34H2,1-8H3,(H,59,69)(H,60,70)(H,62,68)(H,63,66)/t38?,47-,50?,53+/m0/s1. The molecule has 2 fully saturated rings. The SMILES string of the molecule is CC1=C(C(=O)NCc2c(C)cc(C)[nH]c2=O)c2ccccc2C1C(C)C1CCN(C(=O)COCCOCCOCCOCC(=O)N[C@H](C(=O)N2CCC[C@H]2C(=O)NCc2ccc(-c3scnc3C)cc2)C(C)(C)C)CC1. The van der Waals surface area contributed by atoms with Crippen LogP contribution in [0.15, 0.2) is 70.5 Å². The van der Waals surface area contributed by atoms with Crippen LogP contribution in [0.4, 0.5) is 0 Å². The molecular weight excluding hydrogens is 987 g/mol. The average molecular weight is 1060 g/mol. The Morgan fingerprint density at radius 2 is 1.47 bits per heavy atom. The van der Waals surface area contributed by atoms with E-state index in [4.69, 9.17) is 18.9 Å². The fourth-order valence-corrected chi connectivity index (χ4v) is 11.6. The number of ether oxygens (including phenoxy) is 4. The molecule has 2 aromatic carbocycles. The summed E-state index contributed by atoms with van der Waals surface area (Å²) in [6, 6.07) is 16.5. The van der Waals surface area contributed by atoms with Crippen molar-refractivity contribution in [3.05, 3.63) is 115 Å². The molecule has 0 radical (unpaired) electrons. The van der Waals surface area contributed by atoms with E-state index >= 15 is 0 Å². The number of rotatable bonds is 24.